The van der Waals surface area contributed by atoms with E-state index in [1.54, 1.807) is 19.5 Å². The Morgan fingerprint density at radius 3 is 2.80 bits per heavy atom. The standard InChI is InChI=1S/C22H30ClN5O2/c1-14(15-6-7-15)27-20(29)22(23)12-26-19(30-3)17(16-5-4-9-25-11-16)18(22)28-10-8-21(2,24)13-28/h4-5,9,11-12,14-15,18H,6-8,10,13,24H2,1-3H3,(H,27,29)/t14?,18?,21-,22?/m0/s1. The quantitative estimate of drug-likeness (QED) is 0.673. The van der Waals surface area contributed by atoms with Gasteiger partial charge in [-0.1, -0.05) is 6.07 Å². The molecule has 1 aromatic heterocycles. The van der Waals surface area contributed by atoms with Crippen LogP contribution in [0.5, 0.6) is 0 Å². The van der Waals surface area contributed by atoms with E-state index >= 15 is 0 Å². The second-order valence-corrected chi connectivity index (χ2v) is 9.69. The van der Waals surface area contributed by atoms with Gasteiger partial charge in [0.05, 0.1) is 13.2 Å². The number of amides is 1. The smallest absolute Gasteiger partial charge is 0.248 e. The van der Waals surface area contributed by atoms with Gasteiger partial charge in [-0.2, -0.15) is 0 Å². The number of carbonyl (C=O) groups excluding carboxylic acids is 1. The minimum absolute atomic E-state index is 0.0789. The molecule has 3 heterocycles. The number of rotatable bonds is 6. The predicted molar refractivity (Wildman–Crippen MR) is 118 cm³/mol. The fourth-order valence-electron chi connectivity index (χ4n) is 4.49. The van der Waals surface area contributed by atoms with Crippen molar-refractivity contribution in [3.8, 4) is 0 Å². The maximum absolute atomic E-state index is 13.5. The average molecular weight is 432 g/mol. The van der Waals surface area contributed by atoms with Gasteiger partial charge in [0.25, 0.3) is 0 Å². The minimum Gasteiger partial charge on any atom is -0.481 e. The first-order valence-corrected chi connectivity index (χ1v) is 10.9. The van der Waals surface area contributed by atoms with Crippen molar-refractivity contribution in [1.29, 1.82) is 0 Å². The van der Waals surface area contributed by atoms with Crippen LogP contribution in [0.3, 0.4) is 0 Å². The zero-order valence-corrected chi connectivity index (χ0v) is 18.5. The number of nitrogens with zero attached hydrogens (tertiary/aromatic N) is 3. The highest BCUT2D eigenvalue weighted by Gasteiger charge is 2.53. The molecule has 1 aromatic rings. The summed E-state index contributed by atoms with van der Waals surface area (Å²) in [6.45, 7) is 5.41. The maximum Gasteiger partial charge on any atom is 0.248 e. The molecule has 3 unspecified atom stereocenters. The highest BCUT2D eigenvalue weighted by Crippen LogP contribution is 2.42. The van der Waals surface area contributed by atoms with E-state index in [2.05, 4.69) is 20.2 Å². The van der Waals surface area contributed by atoms with Gasteiger partial charge in [0, 0.05) is 54.4 Å². The molecule has 0 spiro atoms. The third-order valence-electron chi connectivity index (χ3n) is 6.37. The summed E-state index contributed by atoms with van der Waals surface area (Å²) in [6, 6.07) is 3.39. The van der Waals surface area contributed by atoms with Crippen LogP contribution in [-0.4, -0.2) is 64.7 Å². The van der Waals surface area contributed by atoms with Crippen LogP contribution >= 0.6 is 11.6 Å². The number of hydrogen-bond acceptors (Lipinski definition) is 6. The topological polar surface area (TPSA) is 92.8 Å². The molecule has 1 saturated heterocycles. The first kappa shape index (κ1) is 21.3. The molecule has 162 valence electrons. The number of pyridine rings is 1. The Morgan fingerprint density at radius 2 is 2.23 bits per heavy atom. The Bertz CT molecular complexity index is 868. The van der Waals surface area contributed by atoms with E-state index < -0.39 is 10.9 Å². The molecule has 3 aliphatic rings. The van der Waals surface area contributed by atoms with Crippen LogP contribution in [-0.2, 0) is 9.53 Å². The van der Waals surface area contributed by atoms with Crippen LogP contribution < -0.4 is 11.1 Å². The Kier molecular flexibility index (Phi) is 5.64. The van der Waals surface area contributed by atoms with Crippen LogP contribution in [0.15, 0.2) is 35.4 Å². The van der Waals surface area contributed by atoms with E-state index in [-0.39, 0.29) is 17.5 Å². The zero-order chi connectivity index (χ0) is 21.5. The number of alkyl halides is 1. The molecule has 0 radical (unpaired) electrons. The number of aliphatic imine (C=N–C) groups is 1. The molecule has 30 heavy (non-hydrogen) atoms. The monoisotopic (exact) mass is 431 g/mol. The van der Waals surface area contributed by atoms with Gasteiger partial charge >= 0.3 is 0 Å². The lowest BCUT2D eigenvalue weighted by atomic mass is 9.85. The van der Waals surface area contributed by atoms with Crippen molar-refractivity contribution in [3.63, 3.8) is 0 Å². The summed E-state index contributed by atoms with van der Waals surface area (Å²) in [5.74, 6) is 0.729. The molecule has 0 aromatic carbocycles. The number of likely N-dealkylation sites (tertiary alicyclic amines) is 1. The number of methoxy groups -OCH3 is 1. The second kappa shape index (κ2) is 7.94. The van der Waals surface area contributed by atoms with E-state index in [0.717, 1.165) is 36.9 Å². The summed E-state index contributed by atoms with van der Waals surface area (Å²) in [4.78, 5) is 23.0. The lowest BCUT2D eigenvalue weighted by molar-refractivity contribution is -0.123. The third-order valence-corrected chi connectivity index (χ3v) is 6.85. The largest absolute Gasteiger partial charge is 0.481 e. The normalized spacial score (nSPS) is 32.9. The predicted octanol–water partition coefficient (Wildman–Crippen LogP) is 2.17. The van der Waals surface area contributed by atoms with Gasteiger partial charge in [-0.25, -0.2) is 4.99 Å². The summed E-state index contributed by atoms with van der Waals surface area (Å²) in [5.41, 5.74) is 7.68. The van der Waals surface area contributed by atoms with Gasteiger partial charge in [-0.15, -0.1) is 11.6 Å². The Labute approximate surface area is 182 Å². The molecular weight excluding hydrogens is 402 g/mol. The van der Waals surface area contributed by atoms with Gasteiger partial charge in [0.2, 0.25) is 11.8 Å². The van der Waals surface area contributed by atoms with Crippen LogP contribution in [0.2, 0.25) is 0 Å². The maximum atomic E-state index is 13.5. The summed E-state index contributed by atoms with van der Waals surface area (Å²) >= 11 is 7.15. The molecule has 1 amide bonds. The summed E-state index contributed by atoms with van der Waals surface area (Å²) < 4.78 is 5.61. The lowest BCUT2D eigenvalue weighted by Crippen LogP contribution is -2.61. The number of hydrogen-bond donors (Lipinski definition) is 2. The van der Waals surface area contributed by atoms with Crippen molar-refractivity contribution in [3.05, 3.63) is 36.0 Å². The highest BCUT2D eigenvalue weighted by molar-refractivity contribution is 6.45. The SMILES string of the molecule is COC1=C(c2cccnc2)C(N2CC[C@](C)(N)C2)C(Cl)(C(=O)NC(C)C2CC2)C=N1. The number of nitrogens with one attached hydrogen (secondary N) is 1. The summed E-state index contributed by atoms with van der Waals surface area (Å²) in [7, 11) is 1.58. The van der Waals surface area contributed by atoms with E-state index in [9.17, 15) is 4.79 Å². The van der Waals surface area contributed by atoms with Gasteiger partial charge in [-0.05, 0) is 45.1 Å². The molecule has 7 nitrogen and oxygen atoms in total. The minimum atomic E-state index is -1.38. The third kappa shape index (κ3) is 3.98. The fourth-order valence-corrected chi connectivity index (χ4v) is 4.84. The fraction of sp³-hybridized carbons (Fsp3) is 0.591. The molecule has 0 bridgehead atoms. The molecule has 2 aliphatic heterocycles. The van der Waals surface area contributed by atoms with Crippen LogP contribution in [0.25, 0.3) is 5.57 Å². The number of nitrogens with two attached hydrogens (primary N) is 1. The zero-order valence-electron chi connectivity index (χ0n) is 17.8. The molecule has 2 fully saturated rings. The molecular formula is C22H30ClN5O2. The van der Waals surface area contributed by atoms with Crippen LogP contribution in [0.4, 0.5) is 0 Å². The second-order valence-electron chi connectivity index (χ2n) is 9.07. The highest BCUT2D eigenvalue weighted by atomic mass is 35.5. The number of carbonyl (C=O) groups is 1. The average Bonchev–Trinajstić information content (AvgIpc) is 3.51. The number of halogens is 1. The number of aromatic nitrogens is 1. The van der Waals surface area contributed by atoms with Crippen molar-refractivity contribution >= 4 is 29.3 Å². The van der Waals surface area contributed by atoms with Gasteiger partial charge in [-0.3, -0.25) is 14.7 Å². The van der Waals surface area contributed by atoms with Crippen LogP contribution in [0, 0.1) is 5.92 Å². The van der Waals surface area contributed by atoms with Gasteiger partial charge in [0.15, 0.2) is 4.87 Å². The first-order chi connectivity index (χ1) is 14.2. The van der Waals surface area contributed by atoms with Crippen molar-refractivity contribution < 1.29 is 9.53 Å². The van der Waals surface area contributed by atoms with Crippen molar-refractivity contribution in [2.45, 2.75) is 55.6 Å². The van der Waals surface area contributed by atoms with E-state index in [0.29, 0.717) is 18.3 Å². The summed E-state index contributed by atoms with van der Waals surface area (Å²) in [5, 5.41) is 3.13. The lowest BCUT2D eigenvalue weighted by Gasteiger charge is -2.42. The number of ether oxygens (including phenoxy) is 1. The Morgan fingerprint density at radius 1 is 1.47 bits per heavy atom. The molecule has 4 atom stereocenters. The van der Waals surface area contributed by atoms with Crippen molar-refractivity contribution in [2.24, 2.45) is 16.6 Å². The van der Waals surface area contributed by atoms with Crippen molar-refractivity contribution in [1.82, 2.24) is 15.2 Å². The molecule has 8 heteroatoms. The molecule has 3 N–H and O–H groups in total. The molecule has 1 saturated carbocycles. The summed E-state index contributed by atoms with van der Waals surface area (Å²) in [6.07, 6.45) is 8.08. The van der Waals surface area contributed by atoms with Crippen LogP contribution in [0.1, 0.15) is 38.7 Å². The van der Waals surface area contributed by atoms with Gasteiger partial charge < -0.3 is 15.8 Å². The van der Waals surface area contributed by atoms with E-state index in [1.165, 1.54) is 6.21 Å². The van der Waals surface area contributed by atoms with E-state index in [4.69, 9.17) is 22.1 Å². The van der Waals surface area contributed by atoms with Gasteiger partial charge in [0.1, 0.15) is 0 Å². The molecule has 4 rings (SSSR count). The Balaban J connectivity index is 1.77. The molecule has 1 aliphatic carbocycles. The Hall–Kier alpha value is -1.96. The van der Waals surface area contributed by atoms with E-state index in [1.807, 2.05) is 26.0 Å². The van der Waals surface area contributed by atoms with Crippen molar-refractivity contribution in [2.75, 3.05) is 20.2 Å². The first-order valence-electron chi connectivity index (χ1n) is 10.5.